The van der Waals surface area contributed by atoms with Crippen molar-refractivity contribution < 1.29 is 4.74 Å². The summed E-state index contributed by atoms with van der Waals surface area (Å²) in [4.78, 5) is 2.52. The lowest BCUT2D eigenvalue weighted by molar-refractivity contribution is 0.00209. The van der Waals surface area contributed by atoms with Crippen molar-refractivity contribution in [1.82, 2.24) is 4.90 Å². The molecule has 0 N–H and O–H groups in total. The van der Waals surface area contributed by atoms with E-state index >= 15 is 0 Å². The van der Waals surface area contributed by atoms with Gasteiger partial charge in [0.25, 0.3) is 0 Å². The van der Waals surface area contributed by atoms with Crippen LogP contribution in [0.1, 0.15) is 27.7 Å². The van der Waals surface area contributed by atoms with Gasteiger partial charge in [-0.25, -0.2) is 0 Å². The summed E-state index contributed by atoms with van der Waals surface area (Å²) in [5, 5.41) is 0. The second kappa shape index (κ2) is 5.72. The molecule has 14 heavy (non-hydrogen) atoms. The minimum Gasteiger partial charge on any atom is -0.381 e. The number of likely N-dealkylation sites (tertiary alicyclic amines) is 1. The zero-order valence-electron chi connectivity index (χ0n) is 10.1. The minimum absolute atomic E-state index is 0.668. The van der Waals surface area contributed by atoms with Crippen LogP contribution >= 0.6 is 0 Å². The summed E-state index contributed by atoms with van der Waals surface area (Å²) in [6, 6.07) is 0. The summed E-state index contributed by atoms with van der Waals surface area (Å²) < 4.78 is 5.63. The highest BCUT2D eigenvalue weighted by Crippen LogP contribution is 2.17. The quantitative estimate of drug-likeness (QED) is 0.650. The Hall–Kier alpha value is -0.0800. The summed E-state index contributed by atoms with van der Waals surface area (Å²) in [5.74, 6) is 2.27. The van der Waals surface area contributed by atoms with Gasteiger partial charge >= 0.3 is 0 Å². The zero-order chi connectivity index (χ0) is 10.6. The molecule has 0 atom stereocenters. The highest BCUT2D eigenvalue weighted by molar-refractivity contribution is 4.79. The third kappa shape index (κ3) is 4.43. The molecule has 0 radical (unpaired) electrons. The maximum atomic E-state index is 5.63. The van der Waals surface area contributed by atoms with Gasteiger partial charge in [0.15, 0.2) is 0 Å². The third-order valence-corrected chi connectivity index (χ3v) is 2.46. The Balaban J connectivity index is 1.94. The molecule has 84 valence electrons. The van der Waals surface area contributed by atoms with Crippen LogP contribution in [0.5, 0.6) is 0 Å². The van der Waals surface area contributed by atoms with Crippen molar-refractivity contribution in [3.05, 3.63) is 0 Å². The maximum Gasteiger partial charge on any atom is 0.0518 e. The van der Waals surface area contributed by atoms with Crippen molar-refractivity contribution >= 4 is 0 Å². The summed E-state index contributed by atoms with van der Waals surface area (Å²) >= 11 is 0. The van der Waals surface area contributed by atoms with E-state index in [0.717, 1.165) is 25.0 Å². The van der Waals surface area contributed by atoms with Crippen LogP contribution in [0.3, 0.4) is 0 Å². The number of ether oxygens (including phenoxy) is 1. The minimum atomic E-state index is 0.668. The molecule has 1 saturated heterocycles. The molecule has 0 amide bonds. The molecular weight excluding hydrogens is 174 g/mol. The van der Waals surface area contributed by atoms with E-state index in [-0.39, 0.29) is 0 Å². The summed E-state index contributed by atoms with van der Waals surface area (Å²) in [7, 11) is 0. The average Bonchev–Trinajstić information content (AvgIpc) is 1.98. The molecule has 0 unspecified atom stereocenters. The fraction of sp³-hybridized carbons (Fsp3) is 1.00. The van der Waals surface area contributed by atoms with Gasteiger partial charge in [0, 0.05) is 32.2 Å². The first-order valence-corrected chi connectivity index (χ1v) is 5.88. The second-order valence-corrected chi connectivity index (χ2v) is 5.41. The number of hydrogen-bond acceptors (Lipinski definition) is 2. The van der Waals surface area contributed by atoms with E-state index in [9.17, 15) is 0 Å². The van der Waals surface area contributed by atoms with Crippen LogP contribution in [0.15, 0.2) is 0 Å². The summed E-state index contributed by atoms with van der Waals surface area (Å²) in [6.07, 6.45) is 0. The lowest BCUT2D eigenvalue weighted by Crippen LogP contribution is -2.49. The first-order valence-electron chi connectivity index (χ1n) is 5.88. The zero-order valence-corrected chi connectivity index (χ0v) is 10.1. The topological polar surface area (TPSA) is 12.5 Å². The highest BCUT2D eigenvalue weighted by Gasteiger charge is 2.26. The van der Waals surface area contributed by atoms with Crippen molar-refractivity contribution in [2.24, 2.45) is 17.8 Å². The predicted octanol–water partition coefficient (Wildman–Crippen LogP) is 2.25. The molecule has 1 heterocycles. The Labute approximate surface area is 88.6 Å². The maximum absolute atomic E-state index is 5.63. The van der Waals surface area contributed by atoms with E-state index < -0.39 is 0 Å². The standard InChI is InChI=1S/C12H25NO/c1-10(2)5-13-6-12(7-13)9-14-8-11(3)4/h10-12H,5-9H2,1-4H3. The largest absolute Gasteiger partial charge is 0.381 e. The molecule has 1 rings (SSSR count). The van der Waals surface area contributed by atoms with Gasteiger partial charge in [0.1, 0.15) is 0 Å². The van der Waals surface area contributed by atoms with Crippen LogP contribution in [0.4, 0.5) is 0 Å². The number of rotatable bonds is 6. The number of hydrogen-bond donors (Lipinski definition) is 0. The molecular formula is C12H25NO. The Morgan fingerprint density at radius 2 is 1.79 bits per heavy atom. The molecule has 0 spiro atoms. The van der Waals surface area contributed by atoms with E-state index in [2.05, 4.69) is 32.6 Å². The molecule has 0 aromatic carbocycles. The normalized spacial score (nSPS) is 19.3. The van der Waals surface area contributed by atoms with Crippen LogP contribution in [-0.4, -0.2) is 37.7 Å². The summed E-state index contributed by atoms with van der Waals surface area (Å²) in [5.41, 5.74) is 0. The van der Waals surface area contributed by atoms with Crippen molar-refractivity contribution in [2.45, 2.75) is 27.7 Å². The molecule has 0 aliphatic carbocycles. The van der Waals surface area contributed by atoms with E-state index in [1.807, 2.05) is 0 Å². The van der Waals surface area contributed by atoms with Gasteiger partial charge in [-0.2, -0.15) is 0 Å². The van der Waals surface area contributed by atoms with Crippen LogP contribution in [-0.2, 0) is 4.74 Å². The van der Waals surface area contributed by atoms with Crippen molar-refractivity contribution in [3.8, 4) is 0 Å². The third-order valence-electron chi connectivity index (χ3n) is 2.46. The smallest absolute Gasteiger partial charge is 0.0518 e. The monoisotopic (exact) mass is 199 g/mol. The van der Waals surface area contributed by atoms with E-state index in [1.54, 1.807) is 0 Å². The van der Waals surface area contributed by atoms with Gasteiger partial charge in [-0.05, 0) is 11.8 Å². The van der Waals surface area contributed by atoms with Crippen LogP contribution < -0.4 is 0 Å². The second-order valence-electron chi connectivity index (χ2n) is 5.41. The van der Waals surface area contributed by atoms with Crippen LogP contribution in [0, 0.1) is 17.8 Å². The fourth-order valence-corrected chi connectivity index (χ4v) is 1.92. The van der Waals surface area contributed by atoms with Crippen molar-refractivity contribution in [3.63, 3.8) is 0 Å². The average molecular weight is 199 g/mol. The van der Waals surface area contributed by atoms with Gasteiger partial charge in [0.2, 0.25) is 0 Å². The SMILES string of the molecule is CC(C)COCC1CN(CC(C)C)C1. The molecule has 1 aliphatic heterocycles. The molecule has 0 saturated carbocycles. The van der Waals surface area contributed by atoms with Crippen LogP contribution in [0.25, 0.3) is 0 Å². The summed E-state index contributed by atoms with van der Waals surface area (Å²) in [6.45, 7) is 14.6. The Kier molecular flexibility index (Phi) is 4.90. The van der Waals surface area contributed by atoms with E-state index in [0.29, 0.717) is 5.92 Å². The molecule has 0 aromatic heterocycles. The Morgan fingerprint density at radius 3 is 2.29 bits per heavy atom. The molecule has 0 bridgehead atoms. The predicted molar refractivity (Wildman–Crippen MR) is 60.4 cm³/mol. The highest BCUT2D eigenvalue weighted by atomic mass is 16.5. The van der Waals surface area contributed by atoms with Gasteiger partial charge in [-0.1, -0.05) is 27.7 Å². The van der Waals surface area contributed by atoms with E-state index in [4.69, 9.17) is 4.74 Å². The molecule has 1 fully saturated rings. The fourth-order valence-electron chi connectivity index (χ4n) is 1.92. The molecule has 0 aromatic rings. The van der Waals surface area contributed by atoms with Crippen LogP contribution in [0.2, 0.25) is 0 Å². The van der Waals surface area contributed by atoms with Crippen molar-refractivity contribution in [2.75, 3.05) is 32.8 Å². The molecule has 2 nitrogen and oxygen atoms in total. The Morgan fingerprint density at radius 1 is 1.14 bits per heavy atom. The van der Waals surface area contributed by atoms with Gasteiger partial charge in [-0.15, -0.1) is 0 Å². The lowest BCUT2D eigenvalue weighted by Gasteiger charge is -2.40. The first-order chi connectivity index (χ1) is 6.58. The molecule has 1 aliphatic rings. The Bertz CT molecular complexity index is 148. The molecule has 2 heteroatoms. The van der Waals surface area contributed by atoms with Gasteiger partial charge in [-0.3, -0.25) is 0 Å². The lowest BCUT2D eigenvalue weighted by atomic mass is 10.00. The first kappa shape index (κ1) is 12.0. The van der Waals surface area contributed by atoms with Gasteiger partial charge < -0.3 is 9.64 Å². The number of nitrogens with zero attached hydrogens (tertiary/aromatic N) is 1. The van der Waals surface area contributed by atoms with Crippen molar-refractivity contribution in [1.29, 1.82) is 0 Å². The van der Waals surface area contributed by atoms with Gasteiger partial charge in [0.05, 0.1) is 6.61 Å². The van der Waals surface area contributed by atoms with E-state index in [1.165, 1.54) is 19.6 Å².